The van der Waals surface area contributed by atoms with Crippen LogP contribution in [0.4, 0.5) is 0 Å². The molecule has 0 spiro atoms. The van der Waals surface area contributed by atoms with E-state index in [9.17, 15) is 0 Å². The van der Waals surface area contributed by atoms with E-state index >= 15 is 0 Å². The predicted molar refractivity (Wildman–Crippen MR) is 62.4 cm³/mol. The number of methoxy groups -OCH3 is 1. The first-order valence-electron chi connectivity index (χ1n) is 5.97. The van der Waals surface area contributed by atoms with Gasteiger partial charge in [-0.25, -0.2) is 0 Å². The highest BCUT2D eigenvalue weighted by Crippen LogP contribution is 2.42. The third-order valence-corrected chi connectivity index (χ3v) is 3.07. The summed E-state index contributed by atoms with van der Waals surface area (Å²) in [5.41, 5.74) is 5.48. The molecule has 2 aromatic heterocycles. The lowest BCUT2D eigenvalue weighted by Gasteiger charge is -2.07. The Balaban J connectivity index is 1.83. The van der Waals surface area contributed by atoms with Crippen molar-refractivity contribution in [2.45, 2.75) is 25.5 Å². The molecule has 2 heterocycles. The average molecular weight is 249 g/mol. The molecule has 2 N–H and O–H groups in total. The van der Waals surface area contributed by atoms with Crippen LogP contribution in [0.2, 0.25) is 0 Å². The van der Waals surface area contributed by atoms with E-state index in [1.54, 1.807) is 19.2 Å². The monoisotopic (exact) mass is 249 g/mol. The Morgan fingerprint density at radius 3 is 2.94 bits per heavy atom. The first-order valence-corrected chi connectivity index (χ1v) is 5.97. The highest BCUT2D eigenvalue weighted by molar-refractivity contribution is 5.44. The van der Waals surface area contributed by atoms with Crippen LogP contribution in [-0.4, -0.2) is 17.3 Å². The third kappa shape index (κ3) is 2.04. The molecule has 0 aliphatic heterocycles. The van der Waals surface area contributed by atoms with Gasteiger partial charge in [-0.2, -0.15) is 4.98 Å². The fourth-order valence-electron chi connectivity index (χ4n) is 1.96. The van der Waals surface area contributed by atoms with Crippen molar-refractivity contribution in [3.63, 3.8) is 0 Å². The van der Waals surface area contributed by atoms with Gasteiger partial charge in [0.1, 0.15) is 11.9 Å². The standard InChI is InChI=1S/C12H15N3O3/c1-16-10(7-2-3-7)11-14-12(18-15-11)9-5-4-8(6-13)17-9/h4-5,7,10H,2-3,6,13H2,1H3. The number of aromatic nitrogens is 2. The van der Waals surface area contributed by atoms with Crippen LogP contribution in [0.15, 0.2) is 21.1 Å². The van der Waals surface area contributed by atoms with Crippen LogP contribution in [0.5, 0.6) is 0 Å². The van der Waals surface area contributed by atoms with E-state index in [0.717, 1.165) is 12.8 Å². The van der Waals surface area contributed by atoms with Crippen molar-refractivity contribution >= 4 is 0 Å². The molecule has 0 aromatic carbocycles. The van der Waals surface area contributed by atoms with Crippen LogP contribution in [0.25, 0.3) is 11.7 Å². The lowest BCUT2D eigenvalue weighted by Crippen LogP contribution is -2.05. The fraction of sp³-hybridized carbons (Fsp3) is 0.500. The van der Waals surface area contributed by atoms with Crippen LogP contribution >= 0.6 is 0 Å². The van der Waals surface area contributed by atoms with E-state index in [1.807, 2.05) is 0 Å². The first kappa shape index (κ1) is 11.4. The Kier molecular flexibility index (Phi) is 2.89. The van der Waals surface area contributed by atoms with Crippen molar-refractivity contribution in [2.24, 2.45) is 11.7 Å². The molecule has 2 aromatic rings. The smallest absolute Gasteiger partial charge is 0.293 e. The Morgan fingerprint density at radius 2 is 2.33 bits per heavy atom. The molecule has 1 saturated carbocycles. The van der Waals surface area contributed by atoms with E-state index in [-0.39, 0.29) is 6.10 Å². The van der Waals surface area contributed by atoms with E-state index in [1.165, 1.54) is 0 Å². The Labute approximate surface area is 104 Å². The van der Waals surface area contributed by atoms with Gasteiger partial charge in [-0.15, -0.1) is 0 Å². The van der Waals surface area contributed by atoms with E-state index in [0.29, 0.717) is 35.7 Å². The normalized spacial score (nSPS) is 17.0. The summed E-state index contributed by atoms with van der Waals surface area (Å²) in [6.45, 7) is 0.351. The van der Waals surface area contributed by atoms with Gasteiger partial charge < -0.3 is 19.4 Å². The zero-order valence-corrected chi connectivity index (χ0v) is 10.1. The summed E-state index contributed by atoms with van der Waals surface area (Å²) in [5, 5.41) is 3.96. The molecular weight excluding hydrogens is 234 g/mol. The van der Waals surface area contributed by atoms with Crippen molar-refractivity contribution in [1.29, 1.82) is 0 Å². The molecule has 0 bridgehead atoms. The summed E-state index contributed by atoms with van der Waals surface area (Å²) in [6, 6.07) is 3.58. The van der Waals surface area contributed by atoms with Crippen molar-refractivity contribution in [1.82, 2.24) is 10.1 Å². The molecule has 6 nitrogen and oxygen atoms in total. The summed E-state index contributed by atoms with van der Waals surface area (Å²) in [7, 11) is 1.67. The Hall–Kier alpha value is -1.66. The second-order valence-corrected chi connectivity index (χ2v) is 4.42. The molecular formula is C12H15N3O3. The minimum atomic E-state index is -0.0774. The summed E-state index contributed by atoms with van der Waals surface area (Å²) in [6.07, 6.45) is 2.23. The van der Waals surface area contributed by atoms with Crippen LogP contribution < -0.4 is 5.73 Å². The summed E-state index contributed by atoms with van der Waals surface area (Å²) in [5.74, 6) is 2.69. The first-order chi connectivity index (χ1) is 8.81. The number of ether oxygens (including phenoxy) is 1. The molecule has 0 saturated heterocycles. The predicted octanol–water partition coefficient (Wildman–Crippen LogP) is 1.89. The second kappa shape index (κ2) is 4.55. The van der Waals surface area contributed by atoms with Gasteiger partial charge in [0.05, 0.1) is 6.54 Å². The Bertz CT molecular complexity index is 530. The van der Waals surface area contributed by atoms with E-state index < -0.39 is 0 Å². The molecule has 3 rings (SSSR count). The van der Waals surface area contributed by atoms with Crippen LogP contribution in [0, 0.1) is 5.92 Å². The highest BCUT2D eigenvalue weighted by Gasteiger charge is 2.35. The molecule has 1 fully saturated rings. The molecule has 0 amide bonds. The fourth-order valence-corrected chi connectivity index (χ4v) is 1.96. The molecule has 1 aliphatic rings. The minimum Gasteiger partial charge on any atom is -0.455 e. The van der Waals surface area contributed by atoms with Crippen LogP contribution in [0.3, 0.4) is 0 Å². The number of hydrogen-bond acceptors (Lipinski definition) is 6. The Morgan fingerprint density at radius 1 is 1.50 bits per heavy atom. The molecule has 1 unspecified atom stereocenters. The van der Waals surface area contributed by atoms with Gasteiger partial charge in [-0.1, -0.05) is 5.16 Å². The topological polar surface area (TPSA) is 87.3 Å². The number of nitrogens with two attached hydrogens (primary N) is 1. The average Bonchev–Trinajstić information content (AvgIpc) is 2.94. The van der Waals surface area contributed by atoms with Crippen LogP contribution in [-0.2, 0) is 11.3 Å². The highest BCUT2D eigenvalue weighted by atomic mass is 16.5. The second-order valence-electron chi connectivity index (χ2n) is 4.42. The maximum Gasteiger partial charge on any atom is 0.293 e. The number of rotatable bonds is 5. The molecule has 96 valence electrons. The molecule has 6 heteroatoms. The zero-order chi connectivity index (χ0) is 12.5. The zero-order valence-electron chi connectivity index (χ0n) is 10.1. The van der Waals surface area contributed by atoms with E-state index in [4.69, 9.17) is 19.4 Å². The lowest BCUT2D eigenvalue weighted by atomic mass is 10.2. The number of hydrogen-bond donors (Lipinski definition) is 1. The minimum absolute atomic E-state index is 0.0774. The van der Waals surface area contributed by atoms with Gasteiger partial charge in [0, 0.05) is 7.11 Å². The molecule has 18 heavy (non-hydrogen) atoms. The van der Waals surface area contributed by atoms with Gasteiger partial charge in [-0.05, 0) is 30.9 Å². The van der Waals surface area contributed by atoms with Crippen molar-refractivity contribution in [2.75, 3.05) is 7.11 Å². The van der Waals surface area contributed by atoms with Gasteiger partial charge in [0.15, 0.2) is 5.76 Å². The van der Waals surface area contributed by atoms with Gasteiger partial charge in [0.2, 0.25) is 5.82 Å². The van der Waals surface area contributed by atoms with Gasteiger partial charge in [-0.3, -0.25) is 0 Å². The van der Waals surface area contributed by atoms with Crippen LogP contribution in [0.1, 0.15) is 30.5 Å². The lowest BCUT2D eigenvalue weighted by molar-refractivity contribution is 0.0751. The maximum absolute atomic E-state index is 5.48. The molecule has 0 radical (unpaired) electrons. The van der Waals surface area contributed by atoms with Crippen molar-refractivity contribution in [3.05, 3.63) is 23.7 Å². The molecule has 1 aliphatic carbocycles. The summed E-state index contributed by atoms with van der Waals surface area (Å²) in [4.78, 5) is 4.32. The SMILES string of the molecule is COC(c1noc(-c2ccc(CN)o2)n1)C1CC1. The maximum atomic E-state index is 5.48. The number of nitrogens with zero attached hydrogens (tertiary/aromatic N) is 2. The largest absolute Gasteiger partial charge is 0.455 e. The third-order valence-electron chi connectivity index (χ3n) is 3.07. The van der Waals surface area contributed by atoms with Gasteiger partial charge in [0.25, 0.3) is 5.89 Å². The quantitative estimate of drug-likeness (QED) is 0.870. The van der Waals surface area contributed by atoms with Gasteiger partial charge >= 0.3 is 0 Å². The van der Waals surface area contributed by atoms with Crippen molar-refractivity contribution < 1.29 is 13.7 Å². The number of furan rings is 1. The molecule has 1 atom stereocenters. The van der Waals surface area contributed by atoms with Crippen molar-refractivity contribution in [3.8, 4) is 11.7 Å². The summed E-state index contributed by atoms with van der Waals surface area (Å²) >= 11 is 0. The summed E-state index contributed by atoms with van der Waals surface area (Å²) < 4.78 is 16.1. The van der Waals surface area contributed by atoms with E-state index in [2.05, 4.69) is 10.1 Å².